The van der Waals surface area contributed by atoms with E-state index in [1.54, 1.807) is 10.9 Å². The van der Waals surface area contributed by atoms with Crippen LogP contribution in [0.25, 0.3) is 0 Å². The van der Waals surface area contributed by atoms with Gasteiger partial charge in [0.15, 0.2) is 0 Å². The molecule has 2 aromatic rings. The van der Waals surface area contributed by atoms with Crippen molar-refractivity contribution >= 4 is 11.7 Å². The summed E-state index contributed by atoms with van der Waals surface area (Å²) in [6.07, 6.45) is 4.71. The van der Waals surface area contributed by atoms with Gasteiger partial charge in [0.05, 0.1) is 11.8 Å². The lowest BCUT2D eigenvalue weighted by Gasteiger charge is -2.36. The molecule has 0 aliphatic carbocycles. The molecule has 0 saturated heterocycles. The Morgan fingerprint density at radius 1 is 1.15 bits per heavy atom. The van der Waals surface area contributed by atoms with Crippen molar-refractivity contribution in [3.8, 4) is 0 Å². The van der Waals surface area contributed by atoms with Gasteiger partial charge in [-0.1, -0.05) is 44.2 Å². The van der Waals surface area contributed by atoms with Crippen molar-refractivity contribution in [3.05, 3.63) is 53.9 Å². The highest BCUT2D eigenvalue weighted by atomic mass is 16.2. The summed E-state index contributed by atoms with van der Waals surface area (Å²) < 4.78 is 1.63. The SMILES string of the molecule is CCn1cc(C(=O)C(=O)NCC(CC)(CC)NC(C)c2ccccc2)cn1. The fourth-order valence-electron chi connectivity index (χ4n) is 3.15. The van der Waals surface area contributed by atoms with Crippen LogP contribution in [0.5, 0.6) is 0 Å². The van der Waals surface area contributed by atoms with E-state index in [1.807, 2.05) is 25.1 Å². The van der Waals surface area contributed by atoms with Gasteiger partial charge in [0, 0.05) is 30.9 Å². The van der Waals surface area contributed by atoms with E-state index in [0.29, 0.717) is 18.7 Å². The summed E-state index contributed by atoms with van der Waals surface area (Å²) in [4.78, 5) is 24.7. The Morgan fingerprint density at radius 3 is 2.37 bits per heavy atom. The van der Waals surface area contributed by atoms with E-state index in [0.717, 1.165) is 12.8 Å². The van der Waals surface area contributed by atoms with Gasteiger partial charge in [0.2, 0.25) is 0 Å². The molecule has 0 fully saturated rings. The van der Waals surface area contributed by atoms with Gasteiger partial charge < -0.3 is 10.6 Å². The van der Waals surface area contributed by atoms with Crippen LogP contribution in [0.3, 0.4) is 0 Å². The molecule has 1 unspecified atom stereocenters. The van der Waals surface area contributed by atoms with Crippen molar-refractivity contribution in [2.24, 2.45) is 0 Å². The van der Waals surface area contributed by atoms with Gasteiger partial charge in [-0.3, -0.25) is 14.3 Å². The first-order chi connectivity index (χ1) is 12.9. The number of hydrogen-bond donors (Lipinski definition) is 2. The average Bonchev–Trinajstić information content (AvgIpc) is 3.20. The number of aromatic nitrogens is 2. The van der Waals surface area contributed by atoms with E-state index in [-0.39, 0.29) is 11.6 Å². The van der Waals surface area contributed by atoms with Gasteiger partial charge in [0.1, 0.15) is 0 Å². The maximum atomic E-state index is 12.3. The minimum atomic E-state index is -0.592. The molecule has 1 amide bonds. The lowest BCUT2D eigenvalue weighted by atomic mass is 9.90. The van der Waals surface area contributed by atoms with Crippen LogP contribution >= 0.6 is 0 Å². The molecule has 1 atom stereocenters. The molecule has 0 spiro atoms. The number of nitrogens with zero attached hydrogens (tertiary/aromatic N) is 2. The molecule has 1 aromatic carbocycles. The second kappa shape index (κ2) is 9.46. The van der Waals surface area contributed by atoms with Crippen molar-refractivity contribution in [2.75, 3.05) is 6.54 Å². The summed E-state index contributed by atoms with van der Waals surface area (Å²) >= 11 is 0. The third-order valence-electron chi connectivity index (χ3n) is 5.19. The summed E-state index contributed by atoms with van der Waals surface area (Å²) in [5, 5.41) is 10.5. The van der Waals surface area contributed by atoms with Gasteiger partial charge >= 0.3 is 0 Å². The van der Waals surface area contributed by atoms with Crippen molar-refractivity contribution in [3.63, 3.8) is 0 Å². The normalized spacial score (nSPS) is 12.6. The Hall–Kier alpha value is -2.47. The molecule has 2 rings (SSSR count). The van der Waals surface area contributed by atoms with Gasteiger partial charge in [-0.05, 0) is 32.3 Å². The molecule has 6 nitrogen and oxygen atoms in total. The monoisotopic (exact) mass is 370 g/mol. The summed E-state index contributed by atoms with van der Waals surface area (Å²) in [5.41, 5.74) is 1.23. The Kier molecular flexibility index (Phi) is 7.30. The predicted octanol–water partition coefficient (Wildman–Crippen LogP) is 3.11. The molecule has 2 N–H and O–H groups in total. The molecular weight excluding hydrogens is 340 g/mol. The topological polar surface area (TPSA) is 76.0 Å². The highest BCUT2D eigenvalue weighted by Crippen LogP contribution is 2.21. The number of aryl methyl sites for hydroxylation is 1. The minimum Gasteiger partial charge on any atom is -0.347 e. The molecule has 1 heterocycles. The molecule has 27 heavy (non-hydrogen) atoms. The number of amides is 1. The van der Waals surface area contributed by atoms with Crippen LogP contribution in [0.2, 0.25) is 0 Å². The highest BCUT2D eigenvalue weighted by Gasteiger charge is 2.30. The Labute approximate surface area is 161 Å². The van der Waals surface area contributed by atoms with Crippen LogP contribution in [0.4, 0.5) is 0 Å². The molecular formula is C21H30N4O2. The third-order valence-corrected chi connectivity index (χ3v) is 5.19. The molecule has 6 heteroatoms. The maximum Gasteiger partial charge on any atom is 0.292 e. The molecule has 0 aliphatic rings. The average molecular weight is 370 g/mol. The van der Waals surface area contributed by atoms with E-state index in [4.69, 9.17) is 0 Å². The van der Waals surface area contributed by atoms with Crippen LogP contribution in [0, 0.1) is 0 Å². The maximum absolute atomic E-state index is 12.3. The first-order valence-electron chi connectivity index (χ1n) is 9.62. The second-order valence-electron chi connectivity index (χ2n) is 6.86. The van der Waals surface area contributed by atoms with Crippen LogP contribution in [-0.4, -0.2) is 33.6 Å². The molecule has 0 radical (unpaired) electrons. The van der Waals surface area contributed by atoms with E-state index in [2.05, 4.69) is 48.6 Å². The fourth-order valence-corrected chi connectivity index (χ4v) is 3.15. The van der Waals surface area contributed by atoms with Gasteiger partial charge in [-0.2, -0.15) is 5.10 Å². The minimum absolute atomic E-state index is 0.140. The Bertz CT molecular complexity index is 751. The lowest BCUT2D eigenvalue weighted by molar-refractivity contribution is -0.117. The molecule has 0 bridgehead atoms. The van der Waals surface area contributed by atoms with E-state index >= 15 is 0 Å². The number of carbonyl (C=O) groups is 2. The first-order valence-corrected chi connectivity index (χ1v) is 9.62. The smallest absolute Gasteiger partial charge is 0.292 e. The van der Waals surface area contributed by atoms with Crippen LogP contribution < -0.4 is 10.6 Å². The van der Waals surface area contributed by atoms with Gasteiger partial charge in [0.25, 0.3) is 11.7 Å². The first kappa shape index (κ1) is 20.8. The number of rotatable bonds is 10. The summed E-state index contributed by atoms with van der Waals surface area (Å²) in [5.74, 6) is -1.14. The fraction of sp³-hybridized carbons (Fsp3) is 0.476. The van der Waals surface area contributed by atoms with Gasteiger partial charge in [-0.25, -0.2) is 0 Å². The van der Waals surface area contributed by atoms with Crippen molar-refractivity contribution in [2.45, 2.75) is 58.7 Å². The summed E-state index contributed by atoms with van der Waals surface area (Å²) in [7, 11) is 0. The largest absolute Gasteiger partial charge is 0.347 e. The Morgan fingerprint density at radius 2 is 1.81 bits per heavy atom. The quantitative estimate of drug-likeness (QED) is 0.498. The number of ketones is 1. The number of carbonyl (C=O) groups excluding carboxylic acids is 2. The van der Waals surface area contributed by atoms with Crippen LogP contribution in [0.1, 0.15) is 62.5 Å². The zero-order valence-electron chi connectivity index (χ0n) is 16.7. The van der Waals surface area contributed by atoms with Crippen molar-refractivity contribution < 1.29 is 9.59 Å². The van der Waals surface area contributed by atoms with Gasteiger partial charge in [-0.15, -0.1) is 0 Å². The second-order valence-corrected chi connectivity index (χ2v) is 6.86. The molecule has 0 saturated carbocycles. The molecule has 1 aromatic heterocycles. The van der Waals surface area contributed by atoms with Crippen LogP contribution in [-0.2, 0) is 11.3 Å². The number of nitrogens with one attached hydrogen (secondary N) is 2. The number of benzene rings is 1. The van der Waals surface area contributed by atoms with E-state index < -0.39 is 11.7 Å². The number of hydrogen-bond acceptors (Lipinski definition) is 4. The Balaban J connectivity index is 2.02. The number of Topliss-reactive ketones (excluding diaryl/α,β-unsaturated/α-hetero) is 1. The molecule has 0 aliphatic heterocycles. The summed E-state index contributed by atoms with van der Waals surface area (Å²) in [6.45, 7) is 9.27. The zero-order valence-corrected chi connectivity index (χ0v) is 16.7. The third kappa shape index (κ3) is 5.26. The lowest BCUT2D eigenvalue weighted by Crippen LogP contribution is -2.54. The molecule has 146 valence electrons. The van der Waals surface area contributed by atoms with Crippen LogP contribution in [0.15, 0.2) is 42.7 Å². The highest BCUT2D eigenvalue weighted by molar-refractivity contribution is 6.42. The van der Waals surface area contributed by atoms with Crippen molar-refractivity contribution in [1.82, 2.24) is 20.4 Å². The standard InChI is InChI=1S/C21H30N4O2/c1-5-21(6-2,24-16(4)17-11-9-8-10-12-17)15-22-20(27)19(26)18-13-23-25(7-3)14-18/h8-14,16,24H,5-7,15H2,1-4H3,(H,22,27). The van der Waals surface area contributed by atoms with E-state index in [9.17, 15) is 9.59 Å². The van der Waals surface area contributed by atoms with Crippen molar-refractivity contribution in [1.29, 1.82) is 0 Å². The zero-order chi connectivity index (χ0) is 19.9. The summed E-state index contributed by atoms with van der Waals surface area (Å²) in [6, 6.07) is 10.3. The predicted molar refractivity (Wildman–Crippen MR) is 107 cm³/mol. The van der Waals surface area contributed by atoms with E-state index in [1.165, 1.54) is 11.8 Å².